The fraction of sp³-hybridized carbons (Fsp3) is 0.722. The molecule has 0 unspecified atom stereocenters. The summed E-state index contributed by atoms with van der Waals surface area (Å²) in [5.41, 5.74) is 0.145. The molecule has 1 aliphatic heterocycles. The molecule has 0 atom stereocenters. The molecule has 1 aromatic rings. The molecule has 5 heteroatoms. The lowest BCUT2D eigenvalue weighted by Gasteiger charge is -2.40. The van der Waals surface area contributed by atoms with Crippen molar-refractivity contribution in [3.63, 3.8) is 0 Å². The number of β-amino-alcohol motifs (C(OH)–C–C–N with tert-alkyl or cyclic N) is 1. The quantitative estimate of drug-likeness (QED) is 0.894. The van der Waals surface area contributed by atoms with Crippen LogP contribution in [-0.4, -0.2) is 47.2 Å². The van der Waals surface area contributed by atoms with Gasteiger partial charge in [0.25, 0.3) is 5.91 Å². The minimum atomic E-state index is -0.484. The number of furan rings is 1. The Kier molecular flexibility index (Phi) is 5.07. The summed E-state index contributed by atoms with van der Waals surface area (Å²) in [5, 5.41) is 13.8. The number of hydrogen-bond acceptors (Lipinski definition) is 4. The molecule has 0 spiro atoms. The van der Waals surface area contributed by atoms with Gasteiger partial charge in [-0.15, -0.1) is 0 Å². The molecule has 2 fully saturated rings. The van der Waals surface area contributed by atoms with Crippen LogP contribution in [0, 0.1) is 6.92 Å². The highest BCUT2D eigenvalue weighted by molar-refractivity contribution is 5.95. The largest absolute Gasteiger partial charge is 0.469 e. The second kappa shape index (κ2) is 7.05. The summed E-state index contributed by atoms with van der Waals surface area (Å²) in [6.45, 7) is 4.48. The Morgan fingerprint density at radius 1 is 1.35 bits per heavy atom. The van der Waals surface area contributed by atoms with Crippen LogP contribution in [0.1, 0.15) is 61.1 Å². The average molecular weight is 320 g/mol. The van der Waals surface area contributed by atoms with Crippen molar-refractivity contribution >= 4 is 5.91 Å². The molecule has 5 nitrogen and oxygen atoms in total. The van der Waals surface area contributed by atoms with Crippen molar-refractivity contribution in [2.75, 3.05) is 19.6 Å². The molecule has 1 aliphatic carbocycles. The summed E-state index contributed by atoms with van der Waals surface area (Å²) in [7, 11) is 0. The van der Waals surface area contributed by atoms with Gasteiger partial charge in [0.1, 0.15) is 5.76 Å². The number of amides is 1. The normalized spacial score (nSPS) is 22.9. The molecule has 0 radical (unpaired) electrons. The third-order valence-corrected chi connectivity index (χ3v) is 5.33. The van der Waals surface area contributed by atoms with Crippen molar-refractivity contribution in [2.24, 2.45) is 0 Å². The van der Waals surface area contributed by atoms with Crippen molar-refractivity contribution in [2.45, 2.75) is 63.5 Å². The third kappa shape index (κ3) is 4.15. The van der Waals surface area contributed by atoms with Crippen LogP contribution >= 0.6 is 0 Å². The van der Waals surface area contributed by atoms with Gasteiger partial charge in [-0.25, -0.2) is 0 Å². The number of hydrogen-bond donors (Lipinski definition) is 2. The van der Waals surface area contributed by atoms with E-state index in [2.05, 4.69) is 10.2 Å². The summed E-state index contributed by atoms with van der Waals surface area (Å²) in [6.07, 6.45) is 8.85. The van der Waals surface area contributed by atoms with Crippen LogP contribution in [0.15, 0.2) is 16.7 Å². The first-order valence-corrected chi connectivity index (χ1v) is 8.85. The molecule has 2 heterocycles. The molecule has 2 N–H and O–H groups in total. The molecule has 0 aromatic carbocycles. The minimum absolute atomic E-state index is 0.0411. The Balaban J connectivity index is 1.45. The summed E-state index contributed by atoms with van der Waals surface area (Å²) in [5.74, 6) is 0.625. The highest BCUT2D eigenvalue weighted by Crippen LogP contribution is 2.29. The van der Waals surface area contributed by atoms with E-state index in [4.69, 9.17) is 4.42 Å². The van der Waals surface area contributed by atoms with Gasteiger partial charge in [-0.3, -0.25) is 4.79 Å². The fourth-order valence-corrected chi connectivity index (χ4v) is 3.90. The number of carbonyl (C=O) groups excluding carboxylic acids is 1. The number of aryl methyl sites for hydroxylation is 1. The Morgan fingerprint density at radius 2 is 2.04 bits per heavy atom. The van der Waals surface area contributed by atoms with Crippen LogP contribution in [0.2, 0.25) is 0 Å². The predicted octanol–water partition coefficient (Wildman–Crippen LogP) is 2.48. The zero-order valence-corrected chi connectivity index (χ0v) is 14.0. The molecule has 1 aromatic heterocycles. The second-order valence-electron chi connectivity index (χ2n) is 7.20. The number of piperidine rings is 1. The van der Waals surface area contributed by atoms with Crippen LogP contribution in [0.25, 0.3) is 0 Å². The van der Waals surface area contributed by atoms with Gasteiger partial charge in [0, 0.05) is 25.7 Å². The van der Waals surface area contributed by atoms with Gasteiger partial charge in [0.2, 0.25) is 0 Å². The molecule has 1 saturated heterocycles. The molecule has 0 bridgehead atoms. The smallest absolute Gasteiger partial charge is 0.255 e. The van der Waals surface area contributed by atoms with Crippen LogP contribution in [0.5, 0.6) is 0 Å². The first-order chi connectivity index (χ1) is 11.1. The van der Waals surface area contributed by atoms with Crippen molar-refractivity contribution in [1.82, 2.24) is 10.2 Å². The van der Waals surface area contributed by atoms with Crippen molar-refractivity contribution in [3.05, 3.63) is 23.7 Å². The number of rotatable bonds is 4. The average Bonchev–Trinajstić information content (AvgIpc) is 2.96. The lowest BCUT2D eigenvalue weighted by molar-refractivity contribution is -0.0312. The standard InChI is InChI=1S/C18H28N2O3/c1-14-16(7-12-23-14)17(21)19-15-5-10-20(11-6-15)13-18(22)8-3-2-4-9-18/h7,12,15,22H,2-6,8-11,13H2,1H3,(H,19,21). The van der Waals surface area contributed by atoms with Gasteiger partial charge in [-0.05, 0) is 38.7 Å². The first kappa shape index (κ1) is 16.5. The monoisotopic (exact) mass is 320 g/mol. The summed E-state index contributed by atoms with van der Waals surface area (Å²) < 4.78 is 5.19. The fourth-order valence-electron chi connectivity index (χ4n) is 3.90. The zero-order valence-electron chi connectivity index (χ0n) is 14.0. The number of likely N-dealkylation sites (tertiary alicyclic amines) is 1. The molecule has 1 amide bonds. The van der Waals surface area contributed by atoms with Gasteiger partial charge < -0.3 is 19.7 Å². The molecule has 128 valence electrons. The number of carbonyl (C=O) groups is 1. The lowest BCUT2D eigenvalue weighted by atomic mass is 9.84. The van der Waals surface area contributed by atoms with Gasteiger partial charge in [-0.2, -0.15) is 0 Å². The maximum absolute atomic E-state index is 12.2. The predicted molar refractivity (Wildman–Crippen MR) is 88.4 cm³/mol. The Morgan fingerprint density at radius 3 is 2.65 bits per heavy atom. The molecule has 3 rings (SSSR count). The third-order valence-electron chi connectivity index (χ3n) is 5.33. The van der Waals surface area contributed by atoms with Gasteiger partial charge in [-0.1, -0.05) is 19.3 Å². The lowest BCUT2D eigenvalue weighted by Crippen LogP contribution is -2.50. The molecule has 1 saturated carbocycles. The van der Waals surface area contributed by atoms with E-state index >= 15 is 0 Å². The van der Waals surface area contributed by atoms with Crippen molar-refractivity contribution in [3.8, 4) is 0 Å². The van der Waals surface area contributed by atoms with Gasteiger partial charge in [0.15, 0.2) is 0 Å². The molecular weight excluding hydrogens is 292 g/mol. The van der Waals surface area contributed by atoms with Crippen molar-refractivity contribution in [1.29, 1.82) is 0 Å². The second-order valence-corrected chi connectivity index (χ2v) is 7.20. The molecule has 23 heavy (non-hydrogen) atoms. The van der Waals surface area contributed by atoms with Crippen LogP contribution in [0.3, 0.4) is 0 Å². The topological polar surface area (TPSA) is 65.7 Å². The first-order valence-electron chi connectivity index (χ1n) is 8.85. The summed E-state index contributed by atoms with van der Waals surface area (Å²) in [6, 6.07) is 1.94. The van der Waals surface area contributed by atoms with E-state index in [1.807, 2.05) is 6.92 Å². The number of aliphatic hydroxyl groups is 1. The Bertz CT molecular complexity index is 526. The van der Waals surface area contributed by atoms with Gasteiger partial charge in [0.05, 0.1) is 17.4 Å². The minimum Gasteiger partial charge on any atom is -0.469 e. The van der Waals surface area contributed by atoms with E-state index in [1.165, 1.54) is 6.42 Å². The Hall–Kier alpha value is -1.33. The van der Waals surface area contributed by atoms with E-state index in [1.54, 1.807) is 12.3 Å². The summed E-state index contributed by atoms with van der Waals surface area (Å²) >= 11 is 0. The van der Waals surface area contributed by atoms with E-state index in [0.29, 0.717) is 11.3 Å². The van der Waals surface area contributed by atoms with Crippen molar-refractivity contribution < 1.29 is 14.3 Å². The molecular formula is C18H28N2O3. The maximum Gasteiger partial charge on any atom is 0.255 e. The highest BCUT2D eigenvalue weighted by Gasteiger charge is 2.33. The molecule has 2 aliphatic rings. The van der Waals surface area contributed by atoms with E-state index in [9.17, 15) is 9.90 Å². The van der Waals surface area contributed by atoms with Gasteiger partial charge >= 0.3 is 0 Å². The van der Waals surface area contributed by atoms with Crippen LogP contribution < -0.4 is 5.32 Å². The number of nitrogens with one attached hydrogen (secondary N) is 1. The van der Waals surface area contributed by atoms with E-state index in [-0.39, 0.29) is 11.9 Å². The SMILES string of the molecule is Cc1occc1C(=O)NC1CCN(CC2(O)CCCCC2)CC1. The maximum atomic E-state index is 12.2. The summed E-state index contributed by atoms with van der Waals surface area (Å²) in [4.78, 5) is 14.6. The highest BCUT2D eigenvalue weighted by atomic mass is 16.3. The van der Waals surface area contributed by atoms with Crippen LogP contribution in [0.4, 0.5) is 0 Å². The number of nitrogens with zero attached hydrogens (tertiary/aromatic N) is 1. The van der Waals surface area contributed by atoms with E-state index < -0.39 is 5.60 Å². The Labute approximate surface area is 138 Å². The zero-order chi connectivity index (χ0) is 16.3. The van der Waals surface area contributed by atoms with E-state index in [0.717, 1.165) is 58.2 Å². The van der Waals surface area contributed by atoms with Crippen LogP contribution in [-0.2, 0) is 0 Å².